The fourth-order valence-corrected chi connectivity index (χ4v) is 1.18. The van der Waals surface area contributed by atoms with Gasteiger partial charge in [-0.15, -0.1) is 0 Å². The summed E-state index contributed by atoms with van der Waals surface area (Å²) in [5.74, 6) is -0.303. The second-order valence-corrected chi connectivity index (χ2v) is 3.94. The average molecular weight is 196 g/mol. The molecule has 2 heteroatoms. The van der Waals surface area contributed by atoms with E-state index in [2.05, 4.69) is 26.8 Å². The normalized spacial score (nSPS) is 12.8. The number of carbonyl (C=O) groups is 1. The molecule has 0 fully saturated rings. The highest BCUT2D eigenvalue weighted by atomic mass is 16.4. The van der Waals surface area contributed by atoms with Crippen molar-refractivity contribution in [3.05, 3.63) is 23.8 Å². The molecule has 0 aliphatic carbocycles. The molecule has 0 aromatic heterocycles. The van der Waals surface area contributed by atoms with Crippen LogP contribution < -0.4 is 0 Å². The second kappa shape index (κ2) is 7.36. The van der Waals surface area contributed by atoms with Crippen LogP contribution in [-0.4, -0.2) is 11.1 Å². The first-order valence-electron chi connectivity index (χ1n) is 5.05. The van der Waals surface area contributed by atoms with Gasteiger partial charge in [0.1, 0.15) is 0 Å². The predicted octanol–water partition coefficient (Wildman–Crippen LogP) is 3.40. The maximum absolute atomic E-state index is 10.2. The standard InChI is InChI=1S/C12H20O2/c1-10(2)6-4-7-11(3)8-5-9-12(13)14/h5-6,9,11H,4,7-8H2,1-3H3,(H,13,14)/b9-5+. The van der Waals surface area contributed by atoms with Crippen molar-refractivity contribution in [1.82, 2.24) is 0 Å². The number of hydrogen-bond acceptors (Lipinski definition) is 1. The minimum atomic E-state index is -0.860. The Bertz CT molecular complexity index is 222. The summed E-state index contributed by atoms with van der Waals surface area (Å²) in [6, 6.07) is 0. The average Bonchev–Trinajstić information content (AvgIpc) is 2.02. The molecule has 80 valence electrons. The third-order valence-corrected chi connectivity index (χ3v) is 2.01. The molecule has 0 aliphatic rings. The van der Waals surface area contributed by atoms with Crippen LogP contribution in [0.15, 0.2) is 23.8 Å². The first kappa shape index (κ1) is 12.9. The lowest BCUT2D eigenvalue weighted by atomic mass is 10.0. The highest BCUT2D eigenvalue weighted by Gasteiger charge is 1.98. The lowest BCUT2D eigenvalue weighted by Crippen LogP contribution is -1.93. The molecule has 0 spiro atoms. The van der Waals surface area contributed by atoms with E-state index in [1.807, 2.05) is 0 Å². The van der Waals surface area contributed by atoms with Gasteiger partial charge in [-0.1, -0.05) is 24.6 Å². The van der Waals surface area contributed by atoms with Gasteiger partial charge in [0.25, 0.3) is 0 Å². The molecule has 0 saturated carbocycles. The van der Waals surface area contributed by atoms with Gasteiger partial charge in [-0.05, 0) is 39.0 Å². The van der Waals surface area contributed by atoms with Crippen molar-refractivity contribution >= 4 is 5.97 Å². The third-order valence-electron chi connectivity index (χ3n) is 2.01. The molecule has 14 heavy (non-hydrogen) atoms. The van der Waals surface area contributed by atoms with Gasteiger partial charge in [0.05, 0.1) is 0 Å². The summed E-state index contributed by atoms with van der Waals surface area (Å²) >= 11 is 0. The Morgan fingerprint density at radius 2 is 2.07 bits per heavy atom. The zero-order valence-corrected chi connectivity index (χ0v) is 9.29. The molecule has 0 saturated heterocycles. The van der Waals surface area contributed by atoms with Crippen molar-refractivity contribution in [1.29, 1.82) is 0 Å². The molecular formula is C12H20O2. The molecule has 0 radical (unpaired) electrons. The van der Waals surface area contributed by atoms with Gasteiger partial charge in [0, 0.05) is 6.08 Å². The van der Waals surface area contributed by atoms with Gasteiger partial charge in [0.15, 0.2) is 0 Å². The smallest absolute Gasteiger partial charge is 0.327 e. The summed E-state index contributed by atoms with van der Waals surface area (Å²) in [6.07, 6.45) is 8.23. The number of carboxylic acid groups (broad SMARTS) is 1. The molecule has 0 bridgehead atoms. The van der Waals surface area contributed by atoms with Crippen molar-refractivity contribution in [2.45, 2.75) is 40.0 Å². The summed E-state index contributed by atoms with van der Waals surface area (Å²) in [5, 5.41) is 8.38. The van der Waals surface area contributed by atoms with Gasteiger partial charge in [-0.2, -0.15) is 0 Å². The van der Waals surface area contributed by atoms with E-state index in [0.29, 0.717) is 5.92 Å². The van der Waals surface area contributed by atoms with Crippen LogP contribution in [0, 0.1) is 5.92 Å². The Hall–Kier alpha value is -1.05. The van der Waals surface area contributed by atoms with E-state index < -0.39 is 5.97 Å². The molecule has 0 rings (SSSR count). The van der Waals surface area contributed by atoms with E-state index in [1.54, 1.807) is 6.08 Å². The van der Waals surface area contributed by atoms with Gasteiger partial charge < -0.3 is 5.11 Å². The topological polar surface area (TPSA) is 37.3 Å². The lowest BCUT2D eigenvalue weighted by molar-refractivity contribution is -0.131. The van der Waals surface area contributed by atoms with Gasteiger partial charge in [0.2, 0.25) is 0 Å². The van der Waals surface area contributed by atoms with Crippen molar-refractivity contribution in [2.75, 3.05) is 0 Å². The Labute approximate surface area is 86.3 Å². The highest BCUT2D eigenvalue weighted by molar-refractivity contribution is 5.79. The highest BCUT2D eigenvalue weighted by Crippen LogP contribution is 2.12. The molecular weight excluding hydrogens is 176 g/mol. The summed E-state index contributed by atoms with van der Waals surface area (Å²) in [5.41, 5.74) is 1.35. The van der Waals surface area contributed by atoms with Crippen LogP contribution in [0.5, 0.6) is 0 Å². The van der Waals surface area contributed by atoms with Gasteiger partial charge >= 0.3 is 5.97 Å². The van der Waals surface area contributed by atoms with E-state index in [9.17, 15) is 4.79 Å². The monoisotopic (exact) mass is 196 g/mol. The van der Waals surface area contributed by atoms with Crippen molar-refractivity contribution in [2.24, 2.45) is 5.92 Å². The van der Waals surface area contributed by atoms with Crippen LogP contribution in [-0.2, 0) is 4.79 Å². The van der Waals surface area contributed by atoms with E-state index in [1.165, 1.54) is 11.6 Å². The van der Waals surface area contributed by atoms with E-state index >= 15 is 0 Å². The van der Waals surface area contributed by atoms with Crippen LogP contribution in [0.2, 0.25) is 0 Å². The predicted molar refractivity (Wildman–Crippen MR) is 59.2 cm³/mol. The molecule has 0 aromatic rings. The van der Waals surface area contributed by atoms with Crippen molar-refractivity contribution in [3.8, 4) is 0 Å². The molecule has 0 amide bonds. The summed E-state index contributed by atoms with van der Waals surface area (Å²) in [6.45, 7) is 6.33. The van der Waals surface area contributed by atoms with Crippen molar-refractivity contribution < 1.29 is 9.90 Å². The van der Waals surface area contributed by atoms with Gasteiger partial charge in [-0.25, -0.2) is 4.79 Å². The van der Waals surface area contributed by atoms with Crippen LogP contribution >= 0.6 is 0 Å². The number of hydrogen-bond donors (Lipinski definition) is 1. The van der Waals surface area contributed by atoms with Crippen LogP contribution in [0.4, 0.5) is 0 Å². The Balaban J connectivity index is 3.61. The Morgan fingerprint density at radius 3 is 2.57 bits per heavy atom. The number of allylic oxidation sites excluding steroid dienone is 3. The quantitative estimate of drug-likeness (QED) is 0.522. The van der Waals surface area contributed by atoms with E-state index in [0.717, 1.165) is 19.3 Å². The van der Waals surface area contributed by atoms with E-state index in [4.69, 9.17) is 5.11 Å². The van der Waals surface area contributed by atoms with Crippen LogP contribution in [0.3, 0.4) is 0 Å². The maximum Gasteiger partial charge on any atom is 0.327 e. The van der Waals surface area contributed by atoms with Crippen molar-refractivity contribution in [3.63, 3.8) is 0 Å². The summed E-state index contributed by atoms with van der Waals surface area (Å²) < 4.78 is 0. The van der Waals surface area contributed by atoms with E-state index in [-0.39, 0.29) is 0 Å². The zero-order valence-electron chi connectivity index (χ0n) is 9.29. The number of aliphatic carboxylic acids is 1. The molecule has 1 N–H and O–H groups in total. The Kier molecular flexibility index (Phi) is 6.81. The first-order chi connectivity index (χ1) is 6.52. The maximum atomic E-state index is 10.2. The molecule has 0 aliphatic heterocycles. The third kappa shape index (κ3) is 9.04. The molecule has 0 aromatic carbocycles. The molecule has 0 heterocycles. The van der Waals surface area contributed by atoms with Gasteiger partial charge in [-0.3, -0.25) is 0 Å². The fourth-order valence-electron chi connectivity index (χ4n) is 1.18. The molecule has 1 unspecified atom stereocenters. The molecule has 1 atom stereocenters. The molecule has 2 nitrogen and oxygen atoms in total. The van der Waals surface area contributed by atoms with Crippen LogP contribution in [0.25, 0.3) is 0 Å². The van der Waals surface area contributed by atoms with Crippen LogP contribution in [0.1, 0.15) is 40.0 Å². The fraction of sp³-hybridized carbons (Fsp3) is 0.583. The zero-order chi connectivity index (χ0) is 11.0. The minimum absolute atomic E-state index is 0.557. The SMILES string of the molecule is CC(C)=CCCC(C)C/C=C/C(=O)O. The first-order valence-corrected chi connectivity index (χ1v) is 5.05. The summed E-state index contributed by atoms with van der Waals surface area (Å²) in [7, 11) is 0. The Morgan fingerprint density at radius 1 is 1.43 bits per heavy atom. The summed E-state index contributed by atoms with van der Waals surface area (Å²) in [4.78, 5) is 10.2. The number of carboxylic acids is 1. The lowest BCUT2D eigenvalue weighted by Gasteiger charge is -2.05. The second-order valence-electron chi connectivity index (χ2n) is 3.94. The minimum Gasteiger partial charge on any atom is -0.478 e. The number of rotatable bonds is 6. The largest absolute Gasteiger partial charge is 0.478 e.